The topological polar surface area (TPSA) is 39.2 Å². The molecule has 2 heterocycles. The van der Waals surface area contributed by atoms with E-state index in [1.165, 1.54) is 0 Å². The minimum absolute atomic E-state index is 0. The first-order valence-corrected chi connectivity index (χ1v) is 5.00. The monoisotopic (exact) mass is 229 g/mol. The molecule has 2 rings (SSSR count). The second kappa shape index (κ2) is 4.64. The fraction of sp³-hybridized carbons (Fsp3) is 0.200. The summed E-state index contributed by atoms with van der Waals surface area (Å²) in [6.07, 6.45) is 0. The molecule has 76 valence electrons. The van der Waals surface area contributed by atoms with E-state index in [0.29, 0.717) is 0 Å². The second-order valence-corrected chi connectivity index (χ2v) is 3.92. The van der Waals surface area contributed by atoms with E-state index in [4.69, 9.17) is 10.2 Å². The van der Waals surface area contributed by atoms with Crippen LogP contribution in [-0.4, -0.2) is 0 Å². The highest BCUT2D eigenvalue weighted by Crippen LogP contribution is 2.24. The Kier molecular flexibility index (Phi) is 3.75. The Hall–Kier alpha value is -0.770. The Bertz CT molecular complexity index is 382. The van der Waals surface area contributed by atoms with E-state index in [-0.39, 0.29) is 18.4 Å². The van der Waals surface area contributed by atoms with Crippen LogP contribution in [0.2, 0.25) is 0 Å². The van der Waals surface area contributed by atoms with Crippen molar-refractivity contribution < 1.29 is 4.42 Å². The summed E-state index contributed by atoms with van der Waals surface area (Å²) in [7, 11) is 0. The van der Waals surface area contributed by atoms with Crippen LogP contribution in [0.5, 0.6) is 0 Å². The van der Waals surface area contributed by atoms with Gasteiger partial charge in [-0.2, -0.15) is 0 Å². The maximum atomic E-state index is 5.99. The van der Waals surface area contributed by atoms with Crippen molar-refractivity contribution in [2.75, 3.05) is 0 Å². The van der Waals surface area contributed by atoms with E-state index in [1.807, 2.05) is 36.6 Å². The van der Waals surface area contributed by atoms with Gasteiger partial charge in [-0.3, -0.25) is 0 Å². The summed E-state index contributed by atoms with van der Waals surface area (Å²) in [4.78, 5) is 1.13. The van der Waals surface area contributed by atoms with Crippen molar-refractivity contribution in [2.45, 2.75) is 13.0 Å². The fourth-order valence-electron chi connectivity index (χ4n) is 1.23. The average Bonchev–Trinajstić information content (AvgIpc) is 2.72. The number of nitrogens with two attached hydrogens (primary N) is 1. The van der Waals surface area contributed by atoms with Crippen LogP contribution in [0.3, 0.4) is 0 Å². The third-order valence-electron chi connectivity index (χ3n) is 1.92. The largest absolute Gasteiger partial charge is 0.464 e. The zero-order chi connectivity index (χ0) is 9.26. The first-order chi connectivity index (χ1) is 6.27. The highest BCUT2D eigenvalue weighted by atomic mass is 35.5. The highest BCUT2D eigenvalue weighted by Gasteiger charge is 2.12. The molecular weight excluding hydrogens is 218 g/mol. The van der Waals surface area contributed by atoms with Crippen LogP contribution in [0.15, 0.2) is 34.1 Å². The van der Waals surface area contributed by atoms with Crippen molar-refractivity contribution in [3.8, 4) is 0 Å². The highest BCUT2D eigenvalue weighted by molar-refractivity contribution is 7.10. The minimum atomic E-state index is -0.117. The van der Waals surface area contributed by atoms with Gasteiger partial charge < -0.3 is 10.2 Å². The SMILES string of the molecule is Cc1ccc([C@@H](N)c2cccs2)o1.Cl. The normalized spacial score (nSPS) is 12.1. The summed E-state index contributed by atoms with van der Waals surface area (Å²) in [5, 5.41) is 2.02. The van der Waals surface area contributed by atoms with E-state index in [9.17, 15) is 0 Å². The van der Waals surface area contributed by atoms with Crippen LogP contribution in [0, 0.1) is 6.92 Å². The van der Waals surface area contributed by atoms with E-state index < -0.39 is 0 Å². The molecule has 0 aliphatic rings. The molecule has 2 N–H and O–H groups in total. The van der Waals surface area contributed by atoms with Gasteiger partial charge >= 0.3 is 0 Å². The summed E-state index contributed by atoms with van der Waals surface area (Å²) in [6, 6.07) is 7.76. The Morgan fingerprint density at radius 2 is 2.14 bits per heavy atom. The molecule has 2 aromatic rings. The summed E-state index contributed by atoms with van der Waals surface area (Å²) < 4.78 is 5.45. The maximum Gasteiger partial charge on any atom is 0.126 e. The molecule has 0 unspecified atom stereocenters. The van der Waals surface area contributed by atoms with E-state index in [0.717, 1.165) is 16.4 Å². The van der Waals surface area contributed by atoms with Gasteiger partial charge in [-0.25, -0.2) is 0 Å². The van der Waals surface area contributed by atoms with Crippen molar-refractivity contribution in [2.24, 2.45) is 5.73 Å². The lowest BCUT2D eigenvalue weighted by Crippen LogP contribution is -2.08. The maximum absolute atomic E-state index is 5.99. The van der Waals surface area contributed by atoms with E-state index in [1.54, 1.807) is 11.3 Å². The predicted octanol–water partition coefficient (Wildman–Crippen LogP) is 3.12. The standard InChI is InChI=1S/C10H11NOS.ClH/c1-7-4-5-8(12-7)10(11)9-3-2-6-13-9;/h2-6,10H,11H2,1H3;1H/t10-;/m1./s1. The van der Waals surface area contributed by atoms with Crippen molar-refractivity contribution in [1.29, 1.82) is 0 Å². The Morgan fingerprint density at radius 1 is 1.36 bits per heavy atom. The van der Waals surface area contributed by atoms with Crippen molar-refractivity contribution in [3.05, 3.63) is 46.0 Å². The number of hydrogen-bond donors (Lipinski definition) is 1. The quantitative estimate of drug-likeness (QED) is 0.860. The van der Waals surface area contributed by atoms with Crippen molar-refractivity contribution in [1.82, 2.24) is 0 Å². The second-order valence-electron chi connectivity index (χ2n) is 2.94. The summed E-state index contributed by atoms with van der Waals surface area (Å²) >= 11 is 1.65. The number of aryl methyl sites for hydroxylation is 1. The summed E-state index contributed by atoms with van der Waals surface area (Å²) in [5.41, 5.74) is 5.99. The number of furan rings is 1. The minimum Gasteiger partial charge on any atom is -0.464 e. The molecule has 0 aromatic carbocycles. The lowest BCUT2D eigenvalue weighted by Gasteiger charge is -2.04. The van der Waals surface area contributed by atoms with Gasteiger partial charge in [0.15, 0.2) is 0 Å². The van der Waals surface area contributed by atoms with Crippen molar-refractivity contribution >= 4 is 23.7 Å². The molecule has 0 aliphatic carbocycles. The van der Waals surface area contributed by atoms with Gasteiger partial charge in [-0.1, -0.05) is 6.07 Å². The molecule has 0 bridgehead atoms. The van der Waals surface area contributed by atoms with Crippen LogP contribution >= 0.6 is 23.7 Å². The van der Waals surface area contributed by atoms with Gasteiger partial charge in [0, 0.05) is 4.88 Å². The average molecular weight is 230 g/mol. The Morgan fingerprint density at radius 3 is 2.64 bits per heavy atom. The first-order valence-electron chi connectivity index (χ1n) is 4.12. The van der Waals surface area contributed by atoms with Crippen LogP contribution in [0.1, 0.15) is 22.4 Å². The number of rotatable bonds is 2. The smallest absolute Gasteiger partial charge is 0.126 e. The molecular formula is C10H12ClNOS. The molecule has 1 atom stereocenters. The zero-order valence-electron chi connectivity index (χ0n) is 7.77. The lowest BCUT2D eigenvalue weighted by molar-refractivity contribution is 0.468. The lowest BCUT2D eigenvalue weighted by atomic mass is 10.2. The van der Waals surface area contributed by atoms with Gasteiger partial charge in [0.05, 0.1) is 6.04 Å². The molecule has 0 spiro atoms. The van der Waals surface area contributed by atoms with Crippen molar-refractivity contribution in [3.63, 3.8) is 0 Å². The Labute approximate surface area is 93.1 Å². The third-order valence-corrected chi connectivity index (χ3v) is 2.87. The van der Waals surface area contributed by atoms with Gasteiger partial charge in [-0.05, 0) is 30.5 Å². The predicted molar refractivity (Wildman–Crippen MR) is 61.0 cm³/mol. The summed E-state index contributed by atoms with van der Waals surface area (Å²) in [5.74, 6) is 1.74. The molecule has 0 saturated carbocycles. The molecule has 4 heteroatoms. The molecule has 2 aromatic heterocycles. The molecule has 0 aliphatic heterocycles. The molecule has 0 radical (unpaired) electrons. The van der Waals surface area contributed by atoms with Gasteiger partial charge in [0.2, 0.25) is 0 Å². The van der Waals surface area contributed by atoms with Crippen LogP contribution < -0.4 is 5.73 Å². The number of halogens is 1. The molecule has 0 saturated heterocycles. The van der Waals surface area contributed by atoms with Crippen LogP contribution in [-0.2, 0) is 0 Å². The number of hydrogen-bond acceptors (Lipinski definition) is 3. The zero-order valence-corrected chi connectivity index (χ0v) is 9.40. The third kappa shape index (κ3) is 2.18. The van der Waals surface area contributed by atoms with Gasteiger partial charge in [0.1, 0.15) is 11.5 Å². The summed E-state index contributed by atoms with van der Waals surface area (Å²) in [6.45, 7) is 1.92. The molecule has 0 fully saturated rings. The van der Waals surface area contributed by atoms with E-state index >= 15 is 0 Å². The Balaban J connectivity index is 0.000000980. The molecule has 2 nitrogen and oxygen atoms in total. The van der Waals surface area contributed by atoms with Crippen LogP contribution in [0.4, 0.5) is 0 Å². The van der Waals surface area contributed by atoms with Crippen LogP contribution in [0.25, 0.3) is 0 Å². The van der Waals surface area contributed by atoms with Gasteiger partial charge in [0.25, 0.3) is 0 Å². The van der Waals surface area contributed by atoms with Gasteiger partial charge in [-0.15, -0.1) is 23.7 Å². The molecule has 0 amide bonds. The van der Waals surface area contributed by atoms with E-state index in [2.05, 4.69) is 0 Å². The first kappa shape index (κ1) is 11.3. The molecule has 14 heavy (non-hydrogen) atoms. The number of thiophene rings is 1. The fourth-order valence-corrected chi connectivity index (χ4v) is 1.96.